The van der Waals surface area contributed by atoms with E-state index in [1.54, 1.807) is 23.8 Å². The summed E-state index contributed by atoms with van der Waals surface area (Å²) in [7, 11) is 1.61. The molecule has 154 valence electrons. The van der Waals surface area contributed by atoms with E-state index in [0.29, 0.717) is 23.9 Å². The molecule has 0 bridgehead atoms. The summed E-state index contributed by atoms with van der Waals surface area (Å²) in [5.74, 6) is 1.11. The first-order valence-electron chi connectivity index (χ1n) is 9.66. The lowest BCUT2D eigenvalue weighted by Gasteiger charge is -2.43. The molecule has 1 amide bonds. The fraction of sp³-hybridized carbons (Fsp3) is 0.304. The molecule has 2 aliphatic rings. The molecule has 1 unspecified atom stereocenters. The number of carbonyl (C=O) groups is 1. The standard InChI is InChI=1S/C23H22BrN3O2S/c1-14-5-4-6-15(2)22(14)26-12-27-21(28)10-17(19(11-25)23(27)30-13-26)18-9-16(24)7-8-20(18)29-3/h4-9,17H,10,12-13H2,1-3H3. The molecule has 0 saturated carbocycles. The van der Waals surface area contributed by atoms with Crippen molar-refractivity contribution in [3.8, 4) is 11.8 Å². The number of benzene rings is 2. The number of thioether (sulfide) groups is 1. The van der Waals surface area contributed by atoms with Gasteiger partial charge in [0.15, 0.2) is 0 Å². The van der Waals surface area contributed by atoms with Gasteiger partial charge in [-0.1, -0.05) is 45.9 Å². The van der Waals surface area contributed by atoms with Gasteiger partial charge >= 0.3 is 0 Å². The summed E-state index contributed by atoms with van der Waals surface area (Å²) in [6.07, 6.45) is 0.250. The van der Waals surface area contributed by atoms with Crippen molar-refractivity contribution in [1.82, 2.24) is 4.90 Å². The zero-order valence-electron chi connectivity index (χ0n) is 17.1. The lowest BCUT2D eigenvalue weighted by molar-refractivity contribution is -0.129. The third kappa shape index (κ3) is 3.59. The molecule has 0 aliphatic carbocycles. The van der Waals surface area contributed by atoms with Crippen LogP contribution in [0.15, 0.2) is 51.5 Å². The van der Waals surface area contributed by atoms with E-state index in [4.69, 9.17) is 4.74 Å². The van der Waals surface area contributed by atoms with E-state index >= 15 is 0 Å². The van der Waals surface area contributed by atoms with Crippen molar-refractivity contribution in [2.24, 2.45) is 0 Å². The van der Waals surface area contributed by atoms with Crippen LogP contribution in [-0.2, 0) is 4.79 Å². The first kappa shape index (κ1) is 20.8. The Morgan fingerprint density at radius 1 is 1.23 bits per heavy atom. The van der Waals surface area contributed by atoms with Gasteiger partial charge in [0.2, 0.25) is 5.91 Å². The summed E-state index contributed by atoms with van der Waals surface area (Å²) in [6, 6.07) is 14.3. The van der Waals surface area contributed by atoms with Gasteiger partial charge in [-0.2, -0.15) is 5.26 Å². The molecule has 1 saturated heterocycles. The van der Waals surface area contributed by atoms with Gasteiger partial charge in [0, 0.05) is 28.1 Å². The van der Waals surface area contributed by atoms with Crippen LogP contribution in [0.2, 0.25) is 0 Å². The van der Waals surface area contributed by atoms with Crippen LogP contribution in [-0.4, -0.2) is 30.5 Å². The number of para-hydroxylation sites is 1. The maximum absolute atomic E-state index is 13.2. The molecule has 0 radical (unpaired) electrons. The molecular weight excluding hydrogens is 462 g/mol. The Bertz CT molecular complexity index is 1070. The van der Waals surface area contributed by atoms with Gasteiger partial charge in [0.05, 0.1) is 36.3 Å². The minimum Gasteiger partial charge on any atom is -0.496 e. The Balaban J connectivity index is 1.73. The second kappa shape index (κ2) is 8.37. The molecule has 1 fully saturated rings. The van der Waals surface area contributed by atoms with E-state index < -0.39 is 0 Å². The molecule has 0 N–H and O–H groups in total. The highest BCUT2D eigenvalue weighted by atomic mass is 79.9. The average Bonchev–Trinajstić information content (AvgIpc) is 2.73. The quantitative estimate of drug-likeness (QED) is 0.593. The van der Waals surface area contributed by atoms with E-state index in [0.717, 1.165) is 20.8 Å². The molecule has 0 aromatic heterocycles. The van der Waals surface area contributed by atoms with E-state index in [2.05, 4.69) is 52.9 Å². The molecule has 4 rings (SSSR count). The summed E-state index contributed by atoms with van der Waals surface area (Å²) in [4.78, 5) is 17.2. The lowest BCUT2D eigenvalue weighted by atomic mass is 9.86. The lowest BCUT2D eigenvalue weighted by Crippen LogP contribution is -2.47. The zero-order chi connectivity index (χ0) is 21.4. The number of nitrogens with zero attached hydrogens (tertiary/aromatic N) is 3. The molecule has 2 heterocycles. The summed E-state index contributed by atoms with van der Waals surface area (Å²) in [6.45, 7) is 4.64. The second-order valence-electron chi connectivity index (χ2n) is 7.49. The van der Waals surface area contributed by atoms with Crippen molar-refractivity contribution >= 4 is 39.3 Å². The highest BCUT2D eigenvalue weighted by molar-refractivity contribution is 9.10. The van der Waals surface area contributed by atoms with Crippen molar-refractivity contribution in [2.75, 3.05) is 24.6 Å². The van der Waals surface area contributed by atoms with Crippen LogP contribution in [0.5, 0.6) is 5.75 Å². The summed E-state index contributed by atoms with van der Waals surface area (Å²) in [5.41, 5.74) is 5.03. The molecule has 30 heavy (non-hydrogen) atoms. The van der Waals surface area contributed by atoms with E-state index in [1.165, 1.54) is 11.1 Å². The maximum Gasteiger partial charge on any atom is 0.229 e. The highest BCUT2D eigenvalue weighted by Gasteiger charge is 2.39. The van der Waals surface area contributed by atoms with Crippen molar-refractivity contribution in [3.63, 3.8) is 0 Å². The number of nitriles is 1. The molecule has 2 aromatic carbocycles. The van der Waals surface area contributed by atoms with Crippen LogP contribution in [0.1, 0.15) is 29.0 Å². The smallest absolute Gasteiger partial charge is 0.229 e. The van der Waals surface area contributed by atoms with Crippen molar-refractivity contribution in [2.45, 2.75) is 26.2 Å². The summed E-state index contributed by atoms with van der Waals surface area (Å²) in [5, 5.41) is 10.8. The van der Waals surface area contributed by atoms with Crippen LogP contribution in [0.4, 0.5) is 5.69 Å². The monoisotopic (exact) mass is 483 g/mol. The van der Waals surface area contributed by atoms with E-state index in [9.17, 15) is 10.1 Å². The fourth-order valence-electron chi connectivity index (χ4n) is 4.25. The predicted molar refractivity (Wildman–Crippen MR) is 123 cm³/mol. The van der Waals surface area contributed by atoms with Crippen molar-refractivity contribution < 1.29 is 9.53 Å². The number of allylic oxidation sites excluding steroid dienone is 1. The Morgan fingerprint density at radius 2 is 1.97 bits per heavy atom. The Hall–Kier alpha value is -2.43. The first-order valence-corrected chi connectivity index (χ1v) is 11.4. The zero-order valence-corrected chi connectivity index (χ0v) is 19.5. The number of amides is 1. The minimum atomic E-state index is -0.305. The number of ether oxygens (including phenoxy) is 1. The van der Waals surface area contributed by atoms with Gasteiger partial charge in [0.1, 0.15) is 5.75 Å². The molecule has 0 spiro atoms. The van der Waals surface area contributed by atoms with Crippen LogP contribution < -0.4 is 9.64 Å². The number of anilines is 1. The second-order valence-corrected chi connectivity index (χ2v) is 9.34. The SMILES string of the molecule is COc1ccc(Br)cc1C1CC(=O)N2CN(c3c(C)cccc3C)CSC2=C1C#N. The predicted octanol–water partition coefficient (Wildman–Crippen LogP) is 5.29. The van der Waals surface area contributed by atoms with Crippen molar-refractivity contribution in [3.05, 3.63) is 68.2 Å². The Morgan fingerprint density at radius 3 is 2.63 bits per heavy atom. The average molecular weight is 484 g/mol. The number of methoxy groups -OCH3 is 1. The van der Waals surface area contributed by atoms with Gasteiger partial charge in [-0.15, -0.1) is 0 Å². The number of fused-ring (bicyclic) bond motifs is 1. The Kier molecular flexibility index (Phi) is 5.81. The molecule has 2 aromatic rings. The van der Waals surface area contributed by atoms with Crippen LogP contribution in [0, 0.1) is 25.2 Å². The molecule has 2 aliphatic heterocycles. The van der Waals surface area contributed by atoms with Crippen LogP contribution in [0.3, 0.4) is 0 Å². The van der Waals surface area contributed by atoms with Crippen LogP contribution >= 0.6 is 27.7 Å². The number of hydrogen-bond donors (Lipinski definition) is 0. The van der Waals surface area contributed by atoms with Gasteiger partial charge in [0.25, 0.3) is 0 Å². The minimum absolute atomic E-state index is 0.0273. The van der Waals surface area contributed by atoms with Crippen molar-refractivity contribution in [1.29, 1.82) is 5.26 Å². The fourth-order valence-corrected chi connectivity index (χ4v) is 5.78. The third-order valence-electron chi connectivity index (χ3n) is 5.62. The summed E-state index contributed by atoms with van der Waals surface area (Å²) < 4.78 is 6.42. The Labute approximate surface area is 189 Å². The highest BCUT2D eigenvalue weighted by Crippen LogP contribution is 2.46. The molecule has 5 nitrogen and oxygen atoms in total. The van der Waals surface area contributed by atoms with E-state index in [1.807, 2.05) is 24.3 Å². The first-order chi connectivity index (χ1) is 14.4. The topological polar surface area (TPSA) is 56.6 Å². The summed E-state index contributed by atoms with van der Waals surface area (Å²) >= 11 is 5.06. The maximum atomic E-state index is 13.2. The number of halogens is 1. The molecule has 7 heteroatoms. The largest absolute Gasteiger partial charge is 0.496 e. The van der Waals surface area contributed by atoms with E-state index in [-0.39, 0.29) is 18.2 Å². The van der Waals surface area contributed by atoms with Gasteiger partial charge < -0.3 is 9.64 Å². The van der Waals surface area contributed by atoms with Gasteiger partial charge in [-0.05, 0) is 43.2 Å². The normalized spacial score (nSPS) is 18.9. The number of rotatable bonds is 3. The number of carbonyl (C=O) groups excluding carboxylic acids is 1. The molecular formula is C23H22BrN3O2S. The molecule has 1 atom stereocenters. The number of aryl methyl sites for hydroxylation is 2. The van der Waals surface area contributed by atoms with Crippen LogP contribution in [0.25, 0.3) is 0 Å². The third-order valence-corrected chi connectivity index (χ3v) is 7.26. The van der Waals surface area contributed by atoms with Gasteiger partial charge in [-0.3, -0.25) is 9.69 Å². The van der Waals surface area contributed by atoms with Gasteiger partial charge in [-0.25, -0.2) is 0 Å². The number of hydrogen-bond acceptors (Lipinski definition) is 5.